The van der Waals surface area contributed by atoms with Crippen LogP contribution in [0.25, 0.3) is 11.5 Å². The average Bonchev–Trinajstić information content (AvgIpc) is 3.06. The van der Waals surface area contributed by atoms with Crippen molar-refractivity contribution in [2.24, 2.45) is 5.14 Å². The van der Waals surface area contributed by atoms with Crippen molar-refractivity contribution in [3.8, 4) is 11.5 Å². The summed E-state index contributed by atoms with van der Waals surface area (Å²) in [6, 6.07) is 9.50. The summed E-state index contributed by atoms with van der Waals surface area (Å²) in [4.78, 5) is 5.43. The van der Waals surface area contributed by atoms with Crippen LogP contribution in [0.2, 0.25) is 0 Å². The molecule has 3 rings (SSSR count). The molecule has 148 valence electrons. The average molecular weight is 471 g/mol. The predicted octanol–water partition coefficient (Wildman–Crippen LogP) is 1.18. The Balaban J connectivity index is 1.87. The van der Waals surface area contributed by atoms with Gasteiger partial charge in [0.15, 0.2) is 0 Å². The van der Waals surface area contributed by atoms with Crippen molar-refractivity contribution >= 4 is 26.0 Å². The quantitative estimate of drug-likeness (QED) is 0.551. The lowest BCUT2D eigenvalue weighted by molar-refractivity contribution is 0.0773. The van der Waals surface area contributed by atoms with Gasteiger partial charge in [0.1, 0.15) is 17.1 Å². The second-order valence-corrected chi connectivity index (χ2v) is 8.81. The second kappa shape index (κ2) is 7.62. The van der Waals surface area contributed by atoms with E-state index < -0.39 is 27.2 Å². The molecule has 2 aromatic heterocycles. The number of tetrazole rings is 1. The van der Waals surface area contributed by atoms with Crippen molar-refractivity contribution in [1.82, 2.24) is 25.2 Å². The molecule has 0 aliphatic heterocycles. The first-order valence-corrected chi connectivity index (χ1v) is 10.5. The number of sulfonamides is 1. The monoisotopic (exact) mass is 470 g/mol. The van der Waals surface area contributed by atoms with Crippen molar-refractivity contribution in [1.29, 1.82) is 0 Å². The number of pyridine rings is 1. The number of hydrogen-bond acceptors (Lipinski definition) is 7. The third kappa shape index (κ3) is 4.76. The van der Waals surface area contributed by atoms with E-state index in [1.54, 1.807) is 30.3 Å². The molecule has 0 aliphatic rings. The third-order valence-corrected chi connectivity index (χ3v) is 5.39. The molecule has 1 atom stereocenters. The van der Waals surface area contributed by atoms with Crippen LogP contribution < -0.4 is 5.14 Å². The molecule has 3 N–H and O–H groups in total. The molecule has 0 spiro atoms. The Labute approximate surface area is 168 Å². The van der Waals surface area contributed by atoms with Gasteiger partial charge < -0.3 is 5.11 Å². The maximum atomic E-state index is 14.1. The van der Waals surface area contributed by atoms with Crippen LogP contribution in [0.4, 0.5) is 4.39 Å². The van der Waals surface area contributed by atoms with E-state index in [0.29, 0.717) is 10.0 Å². The first kappa shape index (κ1) is 20.5. The molecule has 0 radical (unpaired) electrons. The van der Waals surface area contributed by atoms with Crippen LogP contribution in [-0.4, -0.2) is 44.5 Å². The fraction of sp³-hybridized carbons (Fsp3) is 0.250. The van der Waals surface area contributed by atoms with E-state index in [1.165, 1.54) is 17.8 Å². The first-order chi connectivity index (χ1) is 13.0. The fourth-order valence-electron chi connectivity index (χ4n) is 2.56. The molecule has 0 amide bonds. The lowest BCUT2D eigenvalue weighted by atomic mass is 10.0. The van der Waals surface area contributed by atoms with Gasteiger partial charge in [-0.25, -0.2) is 22.9 Å². The van der Waals surface area contributed by atoms with E-state index in [0.717, 1.165) is 0 Å². The number of hydrogen-bond donors (Lipinski definition) is 2. The van der Waals surface area contributed by atoms with Gasteiger partial charge in [-0.3, -0.25) is 0 Å². The molecule has 1 aromatic carbocycles. The standard InChI is InChI=1S/C16H16BrFN6O3S/c1-16(25,9-28(19,26)27)13-7-3-6-12(20-13)15-21-23-24(22-15)8-10-4-2-5-11(17)14(10)18/h2-7,25H,8-9H2,1H3,(H2,19,26,27). The van der Waals surface area contributed by atoms with Gasteiger partial charge in [-0.05, 0) is 46.3 Å². The molecule has 0 saturated heterocycles. The normalized spacial score (nSPS) is 14.0. The Morgan fingerprint density at radius 2 is 2.00 bits per heavy atom. The van der Waals surface area contributed by atoms with Gasteiger partial charge >= 0.3 is 0 Å². The number of halogens is 2. The molecule has 0 saturated carbocycles. The molecule has 0 aliphatic carbocycles. The van der Waals surface area contributed by atoms with Gasteiger partial charge in [-0.1, -0.05) is 18.2 Å². The molecule has 28 heavy (non-hydrogen) atoms. The lowest BCUT2D eigenvalue weighted by Gasteiger charge is -2.21. The summed E-state index contributed by atoms with van der Waals surface area (Å²) in [7, 11) is -3.92. The Morgan fingerprint density at radius 1 is 1.29 bits per heavy atom. The van der Waals surface area contributed by atoms with Gasteiger partial charge in [0, 0.05) is 5.56 Å². The molecular formula is C16H16BrFN6O3S. The molecule has 2 heterocycles. The Kier molecular flexibility index (Phi) is 5.57. The SMILES string of the molecule is CC(O)(CS(N)(=O)=O)c1cccc(-c2nnn(Cc3cccc(Br)c3F)n2)n1. The molecule has 1 unspecified atom stereocenters. The minimum atomic E-state index is -3.92. The number of nitrogens with two attached hydrogens (primary N) is 1. The van der Waals surface area contributed by atoms with Crippen molar-refractivity contribution in [3.63, 3.8) is 0 Å². The van der Waals surface area contributed by atoms with Crippen LogP contribution in [0.5, 0.6) is 0 Å². The molecule has 0 fully saturated rings. The van der Waals surface area contributed by atoms with E-state index >= 15 is 0 Å². The molecule has 9 nitrogen and oxygen atoms in total. The molecule has 0 bridgehead atoms. The largest absolute Gasteiger partial charge is 0.383 e. The molecule has 12 heteroatoms. The Bertz CT molecular complexity index is 1120. The van der Waals surface area contributed by atoms with Crippen LogP contribution >= 0.6 is 15.9 Å². The second-order valence-electron chi connectivity index (χ2n) is 6.35. The summed E-state index contributed by atoms with van der Waals surface area (Å²) in [6.07, 6.45) is 0. The van der Waals surface area contributed by atoms with Crippen LogP contribution in [0.15, 0.2) is 40.9 Å². The number of aliphatic hydroxyl groups is 1. The van der Waals surface area contributed by atoms with Crippen molar-refractivity contribution in [2.45, 2.75) is 19.1 Å². The zero-order valence-electron chi connectivity index (χ0n) is 14.6. The van der Waals surface area contributed by atoms with E-state index in [1.807, 2.05) is 0 Å². The van der Waals surface area contributed by atoms with E-state index in [9.17, 15) is 17.9 Å². The first-order valence-electron chi connectivity index (χ1n) is 7.97. The van der Waals surface area contributed by atoms with Crippen molar-refractivity contribution in [3.05, 3.63) is 57.9 Å². The summed E-state index contributed by atoms with van der Waals surface area (Å²) >= 11 is 3.12. The van der Waals surface area contributed by atoms with Crippen molar-refractivity contribution < 1.29 is 17.9 Å². The number of nitrogens with zero attached hydrogens (tertiary/aromatic N) is 5. The van der Waals surface area contributed by atoms with Crippen LogP contribution in [0, 0.1) is 5.82 Å². The third-order valence-electron chi connectivity index (χ3n) is 3.81. The summed E-state index contributed by atoms with van der Waals surface area (Å²) in [5.41, 5.74) is -1.06. The highest BCUT2D eigenvalue weighted by Crippen LogP contribution is 2.23. The van der Waals surface area contributed by atoms with Gasteiger partial charge in [0.2, 0.25) is 15.8 Å². The highest BCUT2D eigenvalue weighted by molar-refractivity contribution is 9.10. The van der Waals surface area contributed by atoms with Crippen LogP contribution in [0.3, 0.4) is 0 Å². The summed E-state index contributed by atoms with van der Waals surface area (Å²) in [5, 5.41) is 27.4. The van der Waals surface area contributed by atoms with E-state index in [4.69, 9.17) is 5.14 Å². The zero-order chi connectivity index (χ0) is 20.5. The van der Waals surface area contributed by atoms with E-state index in [2.05, 4.69) is 36.3 Å². The summed E-state index contributed by atoms with van der Waals surface area (Å²) in [6.45, 7) is 1.35. The van der Waals surface area contributed by atoms with Gasteiger partial charge in [-0.15, -0.1) is 10.2 Å². The van der Waals surface area contributed by atoms with Crippen molar-refractivity contribution in [2.75, 3.05) is 5.75 Å². The summed E-state index contributed by atoms with van der Waals surface area (Å²) in [5.74, 6) is -0.970. The van der Waals surface area contributed by atoms with Gasteiger partial charge in [0.05, 0.1) is 22.5 Å². The van der Waals surface area contributed by atoms with Gasteiger partial charge in [0.25, 0.3) is 0 Å². The molecular weight excluding hydrogens is 455 g/mol. The number of benzene rings is 1. The highest BCUT2D eigenvalue weighted by atomic mass is 79.9. The van der Waals surface area contributed by atoms with Crippen LogP contribution in [0.1, 0.15) is 18.2 Å². The number of aromatic nitrogens is 5. The smallest absolute Gasteiger partial charge is 0.223 e. The topological polar surface area (TPSA) is 137 Å². The number of primary sulfonamides is 1. The minimum absolute atomic E-state index is 0.0566. The lowest BCUT2D eigenvalue weighted by Crippen LogP contribution is -2.35. The van der Waals surface area contributed by atoms with Gasteiger partial charge in [-0.2, -0.15) is 4.80 Å². The Hall–Kier alpha value is -2.28. The zero-order valence-corrected chi connectivity index (χ0v) is 17.0. The maximum absolute atomic E-state index is 14.1. The summed E-state index contributed by atoms with van der Waals surface area (Å²) < 4.78 is 37.1. The molecule has 3 aromatic rings. The Morgan fingerprint density at radius 3 is 2.71 bits per heavy atom. The van der Waals surface area contributed by atoms with E-state index in [-0.39, 0.29) is 23.8 Å². The maximum Gasteiger partial charge on any atom is 0.223 e. The minimum Gasteiger partial charge on any atom is -0.383 e. The highest BCUT2D eigenvalue weighted by Gasteiger charge is 2.30. The number of rotatable bonds is 6. The fourth-order valence-corrected chi connectivity index (χ4v) is 3.90. The predicted molar refractivity (Wildman–Crippen MR) is 102 cm³/mol. The van der Waals surface area contributed by atoms with Crippen LogP contribution in [-0.2, 0) is 22.2 Å².